The van der Waals surface area contributed by atoms with Crippen LogP contribution in [0, 0.1) is 16.2 Å². The molecule has 0 aromatic rings. The first-order valence-corrected chi connectivity index (χ1v) is 7.35. The maximum Gasteiger partial charge on any atom is 0.0911 e. The molecule has 0 aromatic heterocycles. The van der Waals surface area contributed by atoms with Crippen LogP contribution in [0.2, 0.25) is 0 Å². The molecule has 2 aliphatic carbocycles. The van der Waals surface area contributed by atoms with Gasteiger partial charge < -0.3 is 10.6 Å². The standard InChI is InChI=1S/C15H29N3/c1-14(2)6-4-12(5-7-14)18(3)11-15(8-9-15)10-13(16)17/h12H,4-11H2,1-3H3,(H3,16,17). The van der Waals surface area contributed by atoms with Crippen LogP contribution >= 0.6 is 0 Å². The molecule has 0 radical (unpaired) electrons. The Morgan fingerprint density at radius 3 is 2.22 bits per heavy atom. The number of nitrogens with two attached hydrogens (primary N) is 1. The molecule has 0 unspecified atom stereocenters. The molecule has 2 fully saturated rings. The third kappa shape index (κ3) is 3.47. The van der Waals surface area contributed by atoms with Gasteiger partial charge in [0.15, 0.2) is 0 Å². The van der Waals surface area contributed by atoms with Crippen LogP contribution < -0.4 is 5.73 Å². The van der Waals surface area contributed by atoms with Gasteiger partial charge in [0, 0.05) is 19.0 Å². The molecule has 0 heterocycles. The first-order chi connectivity index (χ1) is 8.32. The first-order valence-electron chi connectivity index (χ1n) is 7.35. The minimum atomic E-state index is 0.355. The summed E-state index contributed by atoms with van der Waals surface area (Å²) in [7, 11) is 2.27. The van der Waals surface area contributed by atoms with Crippen molar-refractivity contribution in [2.24, 2.45) is 16.6 Å². The zero-order valence-corrected chi connectivity index (χ0v) is 12.3. The number of rotatable bonds is 5. The van der Waals surface area contributed by atoms with Gasteiger partial charge >= 0.3 is 0 Å². The van der Waals surface area contributed by atoms with E-state index in [1.54, 1.807) is 0 Å². The quantitative estimate of drug-likeness (QED) is 0.583. The summed E-state index contributed by atoms with van der Waals surface area (Å²) in [5.74, 6) is 0.366. The summed E-state index contributed by atoms with van der Waals surface area (Å²) in [6.45, 7) is 5.92. The number of nitrogens with one attached hydrogen (secondary N) is 1. The van der Waals surface area contributed by atoms with Crippen molar-refractivity contribution in [3.05, 3.63) is 0 Å². The van der Waals surface area contributed by atoms with Gasteiger partial charge in [-0.05, 0) is 56.4 Å². The fraction of sp³-hybridized carbons (Fsp3) is 0.933. The maximum atomic E-state index is 7.49. The molecule has 2 aliphatic rings. The summed E-state index contributed by atoms with van der Waals surface area (Å²) in [5.41, 5.74) is 6.48. The van der Waals surface area contributed by atoms with Gasteiger partial charge in [0.25, 0.3) is 0 Å². The summed E-state index contributed by atoms with van der Waals surface area (Å²) in [4.78, 5) is 2.55. The highest BCUT2D eigenvalue weighted by atomic mass is 15.1. The summed E-state index contributed by atoms with van der Waals surface area (Å²) >= 11 is 0. The molecule has 0 aliphatic heterocycles. The lowest BCUT2D eigenvalue weighted by molar-refractivity contribution is 0.111. The highest BCUT2D eigenvalue weighted by Crippen LogP contribution is 2.50. The van der Waals surface area contributed by atoms with Gasteiger partial charge in [0.05, 0.1) is 5.84 Å². The average Bonchev–Trinajstić information content (AvgIpc) is 2.96. The van der Waals surface area contributed by atoms with Crippen molar-refractivity contribution >= 4 is 5.84 Å². The van der Waals surface area contributed by atoms with E-state index >= 15 is 0 Å². The van der Waals surface area contributed by atoms with Crippen molar-refractivity contribution in [3.63, 3.8) is 0 Å². The van der Waals surface area contributed by atoms with E-state index < -0.39 is 0 Å². The second-order valence-electron chi connectivity index (χ2n) is 7.51. The lowest BCUT2D eigenvalue weighted by Crippen LogP contribution is -2.40. The molecule has 18 heavy (non-hydrogen) atoms. The molecule has 0 bridgehead atoms. The number of hydrogen-bond donors (Lipinski definition) is 2. The monoisotopic (exact) mass is 251 g/mol. The molecule has 0 aromatic carbocycles. The Kier molecular flexibility index (Phi) is 3.72. The third-order valence-electron chi connectivity index (χ3n) is 5.04. The Morgan fingerprint density at radius 2 is 1.78 bits per heavy atom. The molecule has 3 N–H and O–H groups in total. The van der Waals surface area contributed by atoms with E-state index in [0.717, 1.165) is 19.0 Å². The van der Waals surface area contributed by atoms with Crippen molar-refractivity contribution in [1.29, 1.82) is 5.41 Å². The predicted octanol–water partition coefficient (Wildman–Crippen LogP) is 2.99. The molecule has 0 spiro atoms. The van der Waals surface area contributed by atoms with Crippen molar-refractivity contribution < 1.29 is 0 Å². The maximum absolute atomic E-state index is 7.49. The van der Waals surface area contributed by atoms with Gasteiger partial charge in [-0.3, -0.25) is 5.41 Å². The molecule has 0 atom stereocenters. The summed E-state index contributed by atoms with van der Waals surface area (Å²) in [6.07, 6.45) is 8.68. The third-order valence-corrected chi connectivity index (χ3v) is 5.04. The highest BCUT2D eigenvalue weighted by Gasteiger charge is 2.44. The number of hydrogen-bond acceptors (Lipinski definition) is 2. The molecule has 3 nitrogen and oxygen atoms in total. The molecular weight excluding hydrogens is 222 g/mol. The average molecular weight is 251 g/mol. The Hall–Kier alpha value is -0.570. The lowest BCUT2D eigenvalue weighted by Gasteiger charge is -2.39. The van der Waals surface area contributed by atoms with Crippen LogP contribution in [0.15, 0.2) is 0 Å². The van der Waals surface area contributed by atoms with Crippen LogP contribution in [-0.4, -0.2) is 30.4 Å². The van der Waals surface area contributed by atoms with Gasteiger partial charge in [-0.25, -0.2) is 0 Å². The molecule has 0 amide bonds. The summed E-state index contributed by atoms with van der Waals surface area (Å²) in [5, 5.41) is 7.49. The van der Waals surface area contributed by atoms with E-state index in [9.17, 15) is 0 Å². The Balaban J connectivity index is 1.82. The van der Waals surface area contributed by atoms with Crippen molar-refractivity contribution in [2.75, 3.05) is 13.6 Å². The zero-order chi connectivity index (χ0) is 13.4. The Bertz CT molecular complexity index is 308. The van der Waals surface area contributed by atoms with Gasteiger partial charge in [0.2, 0.25) is 0 Å². The largest absolute Gasteiger partial charge is 0.388 e. The minimum absolute atomic E-state index is 0.355. The first kappa shape index (κ1) is 13.9. The van der Waals surface area contributed by atoms with Gasteiger partial charge in [-0.1, -0.05) is 13.8 Å². The van der Waals surface area contributed by atoms with Crippen LogP contribution in [0.4, 0.5) is 0 Å². The van der Waals surface area contributed by atoms with Gasteiger partial charge in [0.1, 0.15) is 0 Å². The minimum Gasteiger partial charge on any atom is -0.388 e. The van der Waals surface area contributed by atoms with Crippen molar-refractivity contribution in [2.45, 2.75) is 64.8 Å². The molecular formula is C15H29N3. The van der Waals surface area contributed by atoms with E-state index in [4.69, 9.17) is 11.1 Å². The van der Waals surface area contributed by atoms with Crippen LogP contribution in [0.5, 0.6) is 0 Å². The van der Waals surface area contributed by atoms with Crippen molar-refractivity contribution in [3.8, 4) is 0 Å². The normalized spacial score (nSPS) is 26.2. The van der Waals surface area contributed by atoms with E-state index in [2.05, 4.69) is 25.8 Å². The van der Waals surface area contributed by atoms with E-state index in [1.165, 1.54) is 38.5 Å². The van der Waals surface area contributed by atoms with Crippen LogP contribution in [0.1, 0.15) is 58.8 Å². The topological polar surface area (TPSA) is 53.1 Å². The smallest absolute Gasteiger partial charge is 0.0911 e. The Labute approximate surface area is 112 Å². The SMILES string of the molecule is CN(CC1(CC(=N)N)CC1)C1CCC(C)(C)CC1. The molecule has 104 valence electrons. The summed E-state index contributed by atoms with van der Waals surface area (Å²) in [6, 6.07) is 0.752. The predicted molar refractivity (Wildman–Crippen MR) is 76.9 cm³/mol. The van der Waals surface area contributed by atoms with Crippen LogP contribution in [-0.2, 0) is 0 Å². The zero-order valence-electron chi connectivity index (χ0n) is 12.3. The fourth-order valence-electron chi connectivity index (χ4n) is 3.45. The number of amidine groups is 1. The highest BCUT2D eigenvalue weighted by molar-refractivity contribution is 5.78. The van der Waals surface area contributed by atoms with Gasteiger partial charge in [-0.15, -0.1) is 0 Å². The Morgan fingerprint density at radius 1 is 1.22 bits per heavy atom. The molecule has 2 saturated carbocycles. The molecule has 3 heteroatoms. The van der Waals surface area contributed by atoms with Gasteiger partial charge in [-0.2, -0.15) is 0 Å². The second-order valence-corrected chi connectivity index (χ2v) is 7.51. The van der Waals surface area contributed by atoms with E-state index in [0.29, 0.717) is 16.7 Å². The van der Waals surface area contributed by atoms with E-state index in [-0.39, 0.29) is 0 Å². The molecule has 0 saturated heterocycles. The van der Waals surface area contributed by atoms with Crippen LogP contribution in [0.25, 0.3) is 0 Å². The van der Waals surface area contributed by atoms with E-state index in [1.807, 2.05) is 0 Å². The second kappa shape index (κ2) is 4.84. The van der Waals surface area contributed by atoms with Crippen LogP contribution in [0.3, 0.4) is 0 Å². The fourth-order valence-corrected chi connectivity index (χ4v) is 3.45. The number of nitrogens with zero attached hydrogens (tertiary/aromatic N) is 1. The van der Waals surface area contributed by atoms with Crippen molar-refractivity contribution in [1.82, 2.24) is 4.90 Å². The lowest BCUT2D eigenvalue weighted by atomic mass is 9.75. The summed E-state index contributed by atoms with van der Waals surface area (Å²) < 4.78 is 0. The molecule has 2 rings (SSSR count).